The quantitative estimate of drug-likeness (QED) is 0.332. The van der Waals surface area contributed by atoms with Crippen molar-refractivity contribution < 1.29 is 14.1 Å². The predicted octanol–water partition coefficient (Wildman–Crippen LogP) is 5.58. The first-order chi connectivity index (χ1) is 18.0. The van der Waals surface area contributed by atoms with Crippen LogP contribution in [0.1, 0.15) is 53.8 Å². The highest BCUT2D eigenvalue weighted by Gasteiger charge is 2.20. The second-order valence-corrected chi connectivity index (χ2v) is 10.3. The first-order valence-electron chi connectivity index (χ1n) is 12.3. The smallest absolute Gasteiger partial charge is 0.255 e. The van der Waals surface area contributed by atoms with Crippen LogP contribution in [0.5, 0.6) is 0 Å². The standard InChI is InChI=1S/C29H32N6O3/c1-18-15-19(2)31-28(30-18)35(6)23-13-9-21(10-14-23)27(37)32-22-11-7-20(8-12-22)16-26(36)33-25-17-24(38-34-25)29(3,4)5/h7-15,17H,16H2,1-6H3,(H,32,37)(H,33,34,36). The number of rotatable bonds is 7. The summed E-state index contributed by atoms with van der Waals surface area (Å²) in [5.41, 5.74) is 4.43. The minimum Gasteiger partial charge on any atom is -0.359 e. The first kappa shape index (κ1) is 26.5. The number of amides is 2. The van der Waals surface area contributed by atoms with Crippen LogP contribution in [0, 0.1) is 13.8 Å². The van der Waals surface area contributed by atoms with E-state index in [0.717, 1.165) is 22.6 Å². The maximum Gasteiger partial charge on any atom is 0.255 e. The molecule has 9 heteroatoms. The summed E-state index contributed by atoms with van der Waals surface area (Å²) in [5.74, 6) is 1.26. The molecular weight excluding hydrogens is 480 g/mol. The van der Waals surface area contributed by atoms with E-state index >= 15 is 0 Å². The van der Waals surface area contributed by atoms with E-state index in [4.69, 9.17) is 4.52 Å². The van der Waals surface area contributed by atoms with Gasteiger partial charge in [-0.25, -0.2) is 9.97 Å². The van der Waals surface area contributed by atoms with Crippen molar-refractivity contribution in [3.63, 3.8) is 0 Å². The number of hydrogen-bond donors (Lipinski definition) is 2. The van der Waals surface area contributed by atoms with Gasteiger partial charge in [0.05, 0.1) is 6.42 Å². The fourth-order valence-corrected chi connectivity index (χ4v) is 3.78. The van der Waals surface area contributed by atoms with E-state index in [9.17, 15) is 9.59 Å². The summed E-state index contributed by atoms with van der Waals surface area (Å²) in [4.78, 5) is 36.0. The second kappa shape index (κ2) is 10.8. The molecule has 2 N–H and O–H groups in total. The highest BCUT2D eigenvalue weighted by atomic mass is 16.5. The average molecular weight is 513 g/mol. The van der Waals surface area contributed by atoms with E-state index in [-0.39, 0.29) is 23.7 Å². The Labute approximate surface area is 222 Å². The van der Waals surface area contributed by atoms with Gasteiger partial charge in [-0.1, -0.05) is 38.1 Å². The van der Waals surface area contributed by atoms with Gasteiger partial charge in [0.25, 0.3) is 5.91 Å². The predicted molar refractivity (Wildman–Crippen MR) is 148 cm³/mol. The largest absolute Gasteiger partial charge is 0.359 e. The zero-order valence-electron chi connectivity index (χ0n) is 22.5. The summed E-state index contributed by atoms with van der Waals surface area (Å²) in [7, 11) is 1.89. The van der Waals surface area contributed by atoms with Crippen LogP contribution in [0.2, 0.25) is 0 Å². The molecule has 2 aromatic carbocycles. The van der Waals surface area contributed by atoms with Crippen LogP contribution in [0.15, 0.2) is 65.2 Å². The molecule has 4 rings (SSSR count). The zero-order valence-corrected chi connectivity index (χ0v) is 22.5. The Morgan fingerprint density at radius 2 is 1.53 bits per heavy atom. The summed E-state index contributed by atoms with van der Waals surface area (Å²) >= 11 is 0. The maximum atomic E-state index is 12.8. The Kier molecular flexibility index (Phi) is 7.57. The van der Waals surface area contributed by atoms with Crippen LogP contribution in [0.25, 0.3) is 0 Å². The lowest BCUT2D eigenvalue weighted by molar-refractivity contribution is -0.115. The monoisotopic (exact) mass is 512 g/mol. The zero-order chi connectivity index (χ0) is 27.4. The molecule has 196 valence electrons. The Balaban J connectivity index is 1.33. The molecule has 0 aliphatic heterocycles. The molecule has 0 radical (unpaired) electrons. The lowest BCUT2D eigenvalue weighted by Gasteiger charge is -2.18. The Hall–Kier alpha value is -4.53. The third-order valence-electron chi connectivity index (χ3n) is 5.88. The van der Waals surface area contributed by atoms with Crippen LogP contribution in [-0.2, 0) is 16.6 Å². The Morgan fingerprint density at radius 3 is 2.11 bits per heavy atom. The van der Waals surface area contributed by atoms with Crippen molar-refractivity contribution in [1.29, 1.82) is 0 Å². The SMILES string of the molecule is Cc1cc(C)nc(N(C)c2ccc(C(=O)Nc3ccc(CC(=O)Nc4cc(C(C)(C)C)on4)cc3)cc2)n1. The molecule has 0 fully saturated rings. The van der Waals surface area contributed by atoms with Crippen molar-refractivity contribution in [1.82, 2.24) is 15.1 Å². The molecule has 0 aliphatic carbocycles. The molecule has 0 saturated carbocycles. The van der Waals surface area contributed by atoms with E-state index < -0.39 is 0 Å². The number of anilines is 4. The van der Waals surface area contributed by atoms with Crippen molar-refractivity contribution in [2.24, 2.45) is 0 Å². The van der Waals surface area contributed by atoms with Gasteiger partial charge in [-0.05, 0) is 61.9 Å². The molecule has 0 spiro atoms. The number of hydrogen-bond acceptors (Lipinski definition) is 7. The van der Waals surface area contributed by atoms with Crippen molar-refractivity contribution in [3.05, 3.63) is 88.9 Å². The minimum atomic E-state index is -0.229. The fourth-order valence-electron chi connectivity index (χ4n) is 3.78. The molecule has 2 aromatic heterocycles. The number of carbonyl (C=O) groups is 2. The van der Waals surface area contributed by atoms with Gasteiger partial charge in [0.1, 0.15) is 5.76 Å². The van der Waals surface area contributed by atoms with Gasteiger partial charge in [-0.3, -0.25) is 9.59 Å². The van der Waals surface area contributed by atoms with Crippen molar-refractivity contribution in [2.75, 3.05) is 22.6 Å². The van der Waals surface area contributed by atoms with Crippen LogP contribution in [0.4, 0.5) is 23.1 Å². The number of nitrogens with one attached hydrogen (secondary N) is 2. The summed E-state index contributed by atoms with van der Waals surface area (Å²) < 4.78 is 5.30. The van der Waals surface area contributed by atoms with E-state index in [1.54, 1.807) is 42.5 Å². The van der Waals surface area contributed by atoms with E-state index in [1.165, 1.54) is 0 Å². The van der Waals surface area contributed by atoms with E-state index in [1.807, 2.05) is 64.8 Å². The fraction of sp³-hybridized carbons (Fsp3) is 0.276. The van der Waals surface area contributed by atoms with Crippen molar-refractivity contribution in [3.8, 4) is 0 Å². The van der Waals surface area contributed by atoms with Gasteiger partial charge in [-0.15, -0.1) is 0 Å². The summed E-state index contributed by atoms with van der Waals surface area (Å²) in [6, 6.07) is 18.1. The third-order valence-corrected chi connectivity index (χ3v) is 5.88. The van der Waals surface area contributed by atoms with Gasteiger partial charge in [-0.2, -0.15) is 0 Å². The van der Waals surface area contributed by atoms with Crippen LogP contribution >= 0.6 is 0 Å². The van der Waals surface area contributed by atoms with Crippen LogP contribution < -0.4 is 15.5 Å². The highest BCUT2D eigenvalue weighted by Crippen LogP contribution is 2.25. The molecule has 0 bridgehead atoms. The summed E-state index contributed by atoms with van der Waals surface area (Å²) in [6.45, 7) is 9.89. The number of nitrogens with zero attached hydrogens (tertiary/aromatic N) is 4. The Bertz CT molecular complexity index is 1420. The number of aryl methyl sites for hydroxylation is 2. The number of aromatic nitrogens is 3. The van der Waals surface area contributed by atoms with Gasteiger partial charge in [0, 0.05) is 46.9 Å². The molecule has 2 amide bonds. The van der Waals surface area contributed by atoms with Crippen LogP contribution in [0.3, 0.4) is 0 Å². The molecule has 0 unspecified atom stereocenters. The summed E-state index contributed by atoms with van der Waals surface area (Å²) in [6.07, 6.45) is 0.172. The van der Waals surface area contributed by atoms with Gasteiger partial charge < -0.3 is 20.1 Å². The molecule has 4 aromatic rings. The van der Waals surface area contributed by atoms with Gasteiger partial charge in [0.2, 0.25) is 11.9 Å². The lowest BCUT2D eigenvalue weighted by atomic mass is 9.93. The van der Waals surface area contributed by atoms with E-state index in [0.29, 0.717) is 28.8 Å². The number of benzene rings is 2. The van der Waals surface area contributed by atoms with Crippen LogP contribution in [-0.4, -0.2) is 34.0 Å². The molecule has 0 aliphatic rings. The van der Waals surface area contributed by atoms with Gasteiger partial charge in [0.15, 0.2) is 5.82 Å². The summed E-state index contributed by atoms with van der Waals surface area (Å²) in [5, 5.41) is 9.56. The molecule has 2 heterocycles. The third kappa shape index (κ3) is 6.61. The van der Waals surface area contributed by atoms with Crippen molar-refractivity contribution in [2.45, 2.75) is 46.5 Å². The normalized spacial score (nSPS) is 11.2. The molecule has 0 saturated heterocycles. The first-order valence-corrected chi connectivity index (χ1v) is 12.3. The number of carbonyl (C=O) groups excluding carboxylic acids is 2. The topological polar surface area (TPSA) is 113 Å². The lowest BCUT2D eigenvalue weighted by Crippen LogP contribution is -2.16. The Morgan fingerprint density at radius 1 is 0.895 bits per heavy atom. The van der Waals surface area contributed by atoms with Crippen molar-refractivity contribution >= 4 is 35.0 Å². The molecular formula is C29H32N6O3. The van der Waals surface area contributed by atoms with Gasteiger partial charge >= 0.3 is 0 Å². The average Bonchev–Trinajstić information content (AvgIpc) is 3.33. The minimum absolute atomic E-state index is 0.172. The maximum absolute atomic E-state index is 12.8. The molecule has 38 heavy (non-hydrogen) atoms. The molecule has 9 nitrogen and oxygen atoms in total. The van der Waals surface area contributed by atoms with E-state index in [2.05, 4.69) is 25.8 Å². The highest BCUT2D eigenvalue weighted by molar-refractivity contribution is 6.04. The second-order valence-electron chi connectivity index (χ2n) is 10.3. The molecule has 0 atom stereocenters.